The van der Waals surface area contributed by atoms with Gasteiger partial charge < -0.3 is 19.7 Å². The van der Waals surface area contributed by atoms with Crippen molar-refractivity contribution in [1.29, 1.82) is 0 Å². The summed E-state index contributed by atoms with van der Waals surface area (Å²) in [5.41, 5.74) is 0. The van der Waals surface area contributed by atoms with E-state index in [1.807, 2.05) is 11.8 Å². The highest BCUT2D eigenvalue weighted by molar-refractivity contribution is 5.78. The fraction of sp³-hybridized carbons (Fsp3) is 0.929. The summed E-state index contributed by atoms with van der Waals surface area (Å²) >= 11 is 0. The van der Waals surface area contributed by atoms with Crippen molar-refractivity contribution in [2.45, 2.75) is 50.9 Å². The van der Waals surface area contributed by atoms with Gasteiger partial charge in [-0.05, 0) is 32.6 Å². The first-order valence-electron chi connectivity index (χ1n) is 7.41. The molecule has 0 aromatic rings. The van der Waals surface area contributed by atoms with Crippen molar-refractivity contribution in [3.05, 3.63) is 0 Å². The van der Waals surface area contributed by atoms with Crippen LogP contribution in [0.3, 0.4) is 0 Å². The SMILES string of the molecule is CCOC1CC(NCC(=O)N2CCCCC2)C1OC. The molecular formula is C14H26N2O3. The van der Waals surface area contributed by atoms with Crippen LogP contribution in [-0.4, -0.2) is 62.4 Å². The van der Waals surface area contributed by atoms with Gasteiger partial charge in [0.25, 0.3) is 0 Å². The topological polar surface area (TPSA) is 50.8 Å². The average molecular weight is 270 g/mol. The molecule has 1 aliphatic carbocycles. The van der Waals surface area contributed by atoms with E-state index >= 15 is 0 Å². The van der Waals surface area contributed by atoms with Crippen LogP contribution >= 0.6 is 0 Å². The molecule has 2 aliphatic rings. The predicted octanol–water partition coefficient (Wildman–Crippen LogP) is 0.781. The molecule has 0 radical (unpaired) electrons. The summed E-state index contributed by atoms with van der Waals surface area (Å²) in [5, 5.41) is 3.31. The summed E-state index contributed by atoms with van der Waals surface area (Å²) in [4.78, 5) is 14.0. The largest absolute Gasteiger partial charge is 0.377 e. The van der Waals surface area contributed by atoms with Crippen molar-refractivity contribution >= 4 is 5.91 Å². The minimum absolute atomic E-state index is 0.0779. The van der Waals surface area contributed by atoms with Gasteiger partial charge in [0.15, 0.2) is 0 Å². The predicted molar refractivity (Wildman–Crippen MR) is 73.0 cm³/mol. The number of likely N-dealkylation sites (tertiary alicyclic amines) is 1. The van der Waals surface area contributed by atoms with Gasteiger partial charge in [-0.15, -0.1) is 0 Å². The van der Waals surface area contributed by atoms with E-state index in [4.69, 9.17) is 9.47 Å². The maximum Gasteiger partial charge on any atom is 0.236 e. The summed E-state index contributed by atoms with van der Waals surface area (Å²) in [6.07, 6.45) is 4.72. The van der Waals surface area contributed by atoms with Crippen molar-refractivity contribution in [2.24, 2.45) is 0 Å². The molecule has 0 bridgehead atoms. The summed E-state index contributed by atoms with van der Waals surface area (Å²) in [6, 6.07) is 0.246. The van der Waals surface area contributed by atoms with Crippen LogP contribution in [0.25, 0.3) is 0 Å². The maximum atomic E-state index is 12.0. The van der Waals surface area contributed by atoms with E-state index in [9.17, 15) is 4.79 Å². The lowest BCUT2D eigenvalue weighted by molar-refractivity contribution is -0.139. The third-order valence-electron chi connectivity index (χ3n) is 4.13. The Labute approximate surface area is 115 Å². The van der Waals surface area contributed by atoms with Crippen LogP contribution in [0.1, 0.15) is 32.6 Å². The molecule has 0 spiro atoms. The fourth-order valence-corrected chi connectivity index (χ4v) is 2.95. The number of hydrogen-bond acceptors (Lipinski definition) is 4. The molecule has 0 aromatic carbocycles. The van der Waals surface area contributed by atoms with Crippen molar-refractivity contribution in [3.63, 3.8) is 0 Å². The highest BCUT2D eigenvalue weighted by Crippen LogP contribution is 2.26. The van der Waals surface area contributed by atoms with Crippen molar-refractivity contribution < 1.29 is 14.3 Å². The molecule has 1 aliphatic heterocycles. The third-order valence-corrected chi connectivity index (χ3v) is 4.13. The van der Waals surface area contributed by atoms with Gasteiger partial charge in [0.05, 0.1) is 18.8 Å². The number of rotatable bonds is 6. The summed E-state index contributed by atoms with van der Waals surface area (Å²) in [7, 11) is 1.71. The second-order valence-corrected chi connectivity index (χ2v) is 5.36. The van der Waals surface area contributed by atoms with Crippen molar-refractivity contribution in [1.82, 2.24) is 10.2 Å². The van der Waals surface area contributed by atoms with Crippen LogP contribution in [0.15, 0.2) is 0 Å². The van der Waals surface area contributed by atoms with E-state index in [0.29, 0.717) is 13.2 Å². The Balaban J connectivity index is 1.69. The van der Waals surface area contributed by atoms with Crippen LogP contribution in [0, 0.1) is 0 Å². The fourth-order valence-electron chi connectivity index (χ4n) is 2.95. The molecule has 1 heterocycles. The third kappa shape index (κ3) is 3.68. The molecule has 3 unspecified atom stereocenters. The van der Waals surface area contributed by atoms with E-state index in [1.165, 1.54) is 6.42 Å². The van der Waals surface area contributed by atoms with Crippen LogP contribution in [-0.2, 0) is 14.3 Å². The lowest BCUT2D eigenvalue weighted by atomic mass is 9.85. The van der Waals surface area contributed by atoms with Crippen molar-refractivity contribution in [2.75, 3.05) is 33.4 Å². The van der Waals surface area contributed by atoms with Crippen LogP contribution < -0.4 is 5.32 Å². The number of hydrogen-bond donors (Lipinski definition) is 1. The molecule has 1 saturated heterocycles. The number of nitrogens with zero attached hydrogens (tertiary/aromatic N) is 1. The van der Waals surface area contributed by atoms with Crippen LogP contribution in [0.5, 0.6) is 0 Å². The molecular weight excluding hydrogens is 244 g/mol. The van der Waals surface area contributed by atoms with Gasteiger partial charge in [-0.3, -0.25) is 4.79 Å². The Kier molecular flexibility index (Phi) is 5.60. The Hall–Kier alpha value is -0.650. The van der Waals surface area contributed by atoms with Gasteiger partial charge in [0, 0.05) is 32.8 Å². The highest BCUT2D eigenvalue weighted by atomic mass is 16.5. The molecule has 1 N–H and O–H groups in total. The zero-order chi connectivity index (χ0) is 13.7. The Morgan fingerprint density at radius 3 is 2.68 bits per heavy atom. The normalized spacial score (nSPS) is 31.1. The zero-order valence-electron chi connectivity index (χ0n) is 12.1. The average Bonchev–Trinajstić information content (AvgIpc) is 2.43. The first kappa shape index (κ1) is 14.8. The molecule has 19 heavy (non-hydrogen) atoms. The highest BCUT2D eigenvalue weighted by Gasteiger charge is 2.42. The summed E-state index contributed by atoms with van der Waals surface area (Å²) < 4.78 is 11.0. The van der Waals surface area contributed by atoms with E-state index in [2.05, 4.69) is 5.32 Å². The van der Waals surface area contributed by atoms with Crippen LogP contribution in [0.4, 0.5) is 0 Å². The van der Waals surface area contributed by atoms with Gasteiger partial charge >= 0.3 is 0 Å². The molecule has 2 rings (SSSR count). The Morgan fingerprint density at radius 1 is 1.32 bits per heavy atom. The molecule has 1 amide bonds. The molecule has 1 saturated carbocycles. The number of carbonyl (C=O) groups is 1. The van der Waals surface area contributed by atoms with Gasteiger partial charge in [0.1, 0.15) is 0 Å². The number of amides is 1. The Bertz CT molecular complexity index is 292. The Morgan fingerprint density at radius 2 is 2.05 bits per heavy atom. The maximum absolute atomic E-state index is 12.0. The number of piperidine rings is 1. The standard InChI is InChI=1S/C14H26N2O3/c1-3-19-12-9-11(14(12)18-2)15-10-13(17)16-7-5-4-6-8-16/h11-12,14-15H,3-10H2,1-2H3. The van der Waals surface area contributed by atoms with E-state index < -0.39 is 0 Å². The van der Waals surface area contributed by atoms with Gasteiger partial charge in [-0.1, -0.05) is 0 Å². The number of ether oxygens (including phenoxy) is 2. The van der Waals surface area contributed by atoms with E-state index in [0.717, 1.165) is 32.4 Å². The van der Waals surface area contributed by atoms with E-state index in [-0.39, 0.29) is 24.2 Å². The smallest absolute Gasteiger partial charge is 0.236 e. The molecule has 2 fully saturated rings. The molecule has 0 aromatic heterocycles. The minimum Gasteiger partial charge on any atom is -0.377 e. The number of methoxy groups -OCH3 is 1. The second-order valence-electron chi connectivity index (χ2n) is 5.36. The molecule has 110 valence electrons. The zero-order valence-corrected chi connectivity index (χ0v) is 12.1. The number of nitrogens with one attached hydrogen (secondary N) is 1. The summed E-state index contributed by atoms with van der Waals surface area (Å²) in [5.74, 6) is 0.217. The molecule has 3 atom stereocenters. The van der Waals surface area contributed by atoms with Crippen molar-refractivity contribution in [3.8, 4) is 0 Å². The lowest BCUT2D eigenvalue weighted by Gasteiger charge is -2.43. The molecule has 5 nitrogen and oxygen atoms in total. The second kappa shape index (κ2) is 7.22. The minimum atomic E-state index is 0.0779. The first-order chi connectivity index (χ1) is 9.26. The van der Waals surface area contributed by atoms with E-state index in [1.54, 1.807) is 7.11 Å². The number of carbonyl (C=O) groups excluding carboxylic acids is 1. The van der Waals surface area contributed by atoms with Gasteiger partial charge in [0.2, 0.25) is 5.91 Å². The van der Waals surface area contributed by atoms with Gasteiger partial charge in [-0.2, -0.15) is 0 Å². The molecule has 5 heteroatoms. The van der Waals surface area contributed by atoms with Gasteiger partial charge in [-0.25, -0.2) is 0 Å². The lowest BCUT2D eigenvalue weighted by Crippen LogP contribution is -2.61. The monoisotopic (exact) mass is 270 g/mol. The summed E-state index contributed by atoms with van der Waals surface area (Å²) in [6.45, 7) is 4.96. The first-order valence-corrected chi connectivity index (χ1v) is 7.41. The van der Waals surface area contributed by atoms with Crippen LogP contribution in [0.2, 0.25) is 0 Å². The quantitative estimate of drug-likeness (QED) is 0.775.